The molecular weight excluding hydrogens is 305 g/mol. The highest BCUT2D eigenvalue weighted by atomic mass is 32.1. The number of thiazole rings is 1. The minimum absolute atomic E-state index is 0.00507. The first-order chi connectivity index (χ1) is 9.72. The van der Waals surface area contributed by atoms with E-state index in [4.69, 9.17) is 5.84 Å². The van der Waals surface area contributed by atoms with E-state index < -0.39 is 17.4 Å². The van der Waals surface area contributed by atoms with Crippen molar-refractivity contribution in [3.63, 3.8) is 0 Å². The van der Waals surface area contributed by atoms with Crippen molar-refractivity contribution in [2.45, 2.75) is 25.6 Å². The maximum Gasteiger partial charge on any atom is 0.433 e. The minimum atomic E-state index is -4.59. The Morgan fingerprint density at radius 1 is 1.24 bits per heavy atom. The molecule has 0 bridgehead atoms. The van der Waals surface area contributed by atoms with Crippen molar-refractivity contribution in [2.75, 3.05) is 10.7 Å². The van der Waals surface area contributed by atoms with Gasteiger partial charge in [-0.15, -0.1) is 11.3 Å². The standard InChI is InChI=1S/C11H13F3N6S/c1-10(2,8-16-3-4-21-8)19-7-5-6(11(12,13)14)17-9(18-7)20-15/h3-5H,15H2,1-2H3,(H2,17,18,19,20). The van der Waals surface area contributed by atoms with Gasteiger partial charge in [0.05, 0.1) is 5.54 Å². The van der Waals surface area contributed by atoms with E-state index in [0.29, 0.717) is 0 Å². The van der Waals surface area contributed by atoms with Crippen LogP contribution in [0.5, 0.6) is 0 Å². The predicted octanol–water partition coefficient (Wildman–Crippen LogP) is 2.58. The summed E-state index contributed by atoms with van der Waals surface area (Å²) in [5, 5.41) is 5.41. The van der Waals surface area contributed by atoms with Gasteiger partial charge < -0.3 is 5.32 Å². The lowest BCUT2D eigenvalue weighted by atomic mass is 10.1. The van der Waals surface area contributed by atoms with Crippen molar-refractivity contribution in [3.05, 3.63) is 28.3 Å². The van der Waals surface area contributed by atoms with E-state index in [1.54, 1.807) is 25.4 Å². The van der Waals surface area contributed by atoms with Crippen LogP contribution in [-0.2, 0) is 11.7 Å². The lowest BCUT2D eigenvalue weighted by molar-refractivity contribution is -0.141. The highest BCUT2D eigenvalue weighted by Crippen LogP contribution is 2.32. The quantitative estimate of drug-likeness (QED) is 0.593. The molecule has 10 heteroatoms. The third-order valence-corrected chi connectivity index (χ3v) is 3.65. The number of alkyl halides is 3. The van der Waals surface area contributed by atoms with Crippen LogP contribution in [0.3, 0.4) is 0 Å². The number of aromatic nitrogens is 3. The number of rotatable bonds is 4. The first kappa shape index (κ1) is 15.4. The fourth-order valence-electron chi connectivity index (χ4n) is 1.63. The second kappa shape index (κ2) is 5.45. The molecule has 2 aromatic heterocycles. The van der Waals surface area contributed by atoms with E-state index in [0.717, 1.165) is 11.1 Å². The Hall–Kier alpha value is -1.94. The Balaban J connectivity index is 2.36. The van der Waals surface area contributed by atoms with Crippen molar-refractivity contribution in [3.8, 4) is 0 Å². The summed E-state index contributed by atoms with van der Waals surface area (Å²) >= 11 is 1.39. The lowest BCUT2D eigenvalue weighted by Crippen LogP contribution is -2.29. The molecule has 2 heterocycles. The molecule has 0 spiro atoms. The SMILES string of the molecule is CC(C)(Nc1cc(C(F)(F)F)nc(NN)n1)c1nccs1. The average Bonchev–Trinajstić information content (AvgIpc) is 2.91. The number of anilines is 2. The van der Waals surface area contributed by atoms with Gasteiger partial charge in [0.1, 0.15) is 10.8 Å². The second-order valence-electron chi connectivity index (χ2n) is 4.69. The Bertz CT molecular complexity index is 611. The zero-order chi connectivity index (χ0) is 15.7. The fourth-order valence-corrected chi connectivity index (χ4v) is 2.34. The molecule has 0 aromatic carbocycles. The summed E-state index contributed by atoms with van der Waals surface area (Å²) in [6, 6.07) is 0.830. The zero-order valence-corrected chi connectivity index (χ0v) is 12.0. The summed E-state index contributed by atoms with van der Waals surface area (Å²) < 4.78 is 38.4. The summed E-state index contributed by atoms with van der Waals surface area (Å²) in [5.74, 6) is 4.80. The van der Waals surface area contributed by atoms with E-state index in [2.05, 4.69) is 20.3 Å². The molecule has 0 atom stereocenters. The molecule has 0 saturated heterocycles. The van der Waals surface area contributed by atoms with Crippen LogP contribution in [0.1, 0.15) is 24.5 Å². The monoisotopic (exact) mass is 318 g/mol. The average molecular weight is 318 g/mol. The van der Waals surface area contributed by atoms with Crippen molar-refractivity contribution in [1.29, 1.82) is 0 Å². The molecule has 0 radical (unpaired) electrons. The number of halogens is 3. The maximum atomic E-state index is 12.8. The summed E-state index contributed by atoms with van der Waals surface area (Å²) in [4.78, 5) is 11.3. The van der Waals surface area contributed by atoms with E-state index in [9.17, 15) is 13.2 Å². The second-order valence-corrected chi connectivity index (χ2v) is 5.59. The van der Waals surface area contributed by atoms with Gasteiger partial charge in [0.25, 0.3) is 0 Å². The van der Waals surface area contributed by atoms with E-state index in [-0.39, 0.29) is 11.8 Å². The van der Waals surface area contributed by atoms with Crippen molar-refractivity contribution < 1.29 is 13.2 Å². The number of nitrogen functional groups attached to an aromatic ring is 1. The van der Waals surface area contributed by atoms with Crippen LogP contribution in [0.4, 0.5) is 24.9 Å². The molecule has 4 N–H and O–H groups in total. The topological polar surface area (TPSA) is 88.8 Å². The summed E-state index contributed by atoms with van der Waals surface area (Å²) in [6.07, 6.45) is -2.96. The molecule has 0 aliphatic heterocycles. The van der Waals surface area contributed by atoms with E-state index in [1.165, 1.54) is 11.3 Å². The third-order valence-electron chi connectivity index (χ3n) is 2.55. The zero-order valence-electron chi connectivity index (χ0n) is 11.2. The molecule has 2 aromatic rings. The van der Waals surface area contributed by atoms with Crippen LogP contribution in [-0.4, -0.2) is 15.0 Å². The van der Waals surface area contributed by atoms with Gasteiger partial charge in [-0.2, -0.15) is 18.2 Å². The molecule has 114 valence electrons. The number of nitrogens with zero attached hydrogens (tertiary/aromatic N) is 3. The number of nitrogens with two attached hydrogens (primary N) is 1. The smallest absolute Gasteiger partial charge is 0.359 e. The van der Waals surface area contributed by atoms with Crippen molar-refractivity contribution in [1.82, 2.24) is 15.0 Å². The van der Waals surface area contributed by atoms with E-state index >= 15 is 0 Å². The van der Waals surface area contributed by atoms with E-state index in [1.807, 2.05) is 5.43 Å². The fraction of sp³-hybridized carbons (Fsp3) is 0.364. The Kier molecular flexibility index (Phi) is 4.01. The minimum Gasteiger partial charge on any atom is -0.359 e. The van der Waals surface area contributed by atoms with Gasteiger partial charge in [-0.3, -0.25) is 5.43 Å². The predicted molar refractivity (Wildman–Crippen MR) is 73.6 cm³/mol. The maximum absolute atomic E-state index is 12.8. The largest absolute Gasteiger partial charge is 0.433 e. The molecule has 0 aliphatic rings. The van der Waals surface area contributed by atoms with Gasteiger partial charge in [0, 0.05) is 17.6 Å². The summed E-state index contributed by atoms with van der Waals surface area (Å²) in [6.45, 7) is 3.58. The normalized spacial score (nSPS) is 12.3. The molecular formula is C11H13F3N6S. The number of hydrogen-bond acceptors (Lipinski definition) is 7. The molecule has 6 nitrogen and oxygen atoms in total. The number of nitrogens with one attached hydrogen (secondary N) is 2. The highest BCUT2D eigenvalue weighted by Gasteiger charge is 2.34. The molecule has 0 saturated carbocycles. The lowest BCUT2D eigenvalue weighted by Gasteiger charge is -2.25. The van der Waals surface area contributed by atoms with Gasteiger partial charge >= 0.3 is 6.18 Å². The van der Waals surface area contributed by atoms with Crippen molar-refractivity contribution in [2.24, 2.45) is 5.84 Å². The highest BCUT2D eigenvalue weighted by molar-refractivity contribution is 7.09. The van der Waals surface area contributed by atoms with Crippen molar-refractivity contribution >= 4 is 23.1 Å². The Morgan fingerprint density at radius 3 is 2.48 bits per heavy atom. The van der Waals surface area contributed by atoms with Crippen LogP contribution in [0, 0.1) is 0 Å². The summed E-state index contributed by atoms with van der Waals surface area (Å²) in [7, 11) is 0. The van der Waals surface area contributed by atoms with Gasteiger partial charge in [-0.1, -0.05) is 0 Å². The van der Waals surface area contributed by atoms with Crippen LogP contribution in [0.2, 0.25) is 0 Å². The van der Waals surface area contributed by atoms with Gasteiger partial charge in [0.15, 0.2) is 5.69 Å². The molecule has 0 aliphatic carbocycles. The Morgan fingerprint density at radius 2 is 1.95 bits per heavy atom. The van der Waals surface area contributed by atoms with Crippen LogP contribution in [0.25, 0.3) is 0 Å². The molecule has 0 amide bonds. The first-order valence-corrected chi connectivity index (χ1v) is 6.71. The van der Waals surface area contributed by atoms with Crippen LogP contribution in [0.15, 0.2) is 17.6 Å². The molecule has 2 rings (SSSR count). The van der Waals surface area contributed by atoms with Gasteiger partial charge in [0.2, 0.25) is 5.95 Å². The van der Waals surface area contributed by atoms with Gasteiger partial charge in [-0.05, 0) is 13.8 Å². The van der Waals surface area contributed by atoms with Crippen LogP contribution < -0.4 is 16.6 Å². The number of hydrogen-bond donors (Lipinski definition) is 3. The first-order valence-electron chi connectivity index (χ1n) is 5.83. The van der Waals surface area contributed by atoms with Crippen LogP contribution >= 0.6 is 11.3 Å². The third kappa shape index (κ3) is 3.58. The molecule has 21 heavy (non-hydrogen) atoms. The molecule has 0 unspecified atom stereocenters. The number of hydrazine groups is 1. The summed E-state index contributed by atoms with van der Waals surface area (Å²) in [5.41, 5.74) is 0.261. The van der Waals surface area contributed by atoms with Gasteiger partial charge in [-0.25, -0.2) is 15.8 Å². The molecule has 0 fully saturated rings. The Labute approximate surface area is 122 Å².